The molecule has 1 aromatic carbocycles. The van der Waals surface area contributed by atoms with Crippen LogP contribution in [0.2, 0.25) is 5.02 Å². The van der Waals surface area contributed by atoms with E-state index < -0.39 is 6.10 Å². The lowest BCUT2D eigenvalue weighted by Gasteiger charge is -2.10. The van der Waals surface area contributed by atoms with Crippen molar-refractivity contribution in [3.05, 3.63) is 58.9 Å². The van der Waals surface area contributed by atoms with Crippen LogP contribution in [0.1, 0.15) is 17.4 Å². The molecule has 1 unspecified atom stereocenters. The molecule has 0 aliphatic carbocycles. The maximum Gasteiger partial charge on any atom is 0.140 e. The number of aliphatic hydroxyl groups excluding tert-OH is 1. The van der Waals surface area contributed by atoms with Crippen LogP contribution >= 0.6 is 11.6 Å². The molecule has 0 bridgehead atoms. The van der Waals surface area contributed by atoms with Gasteiger partial charge in [0.2, 0.25) is 0 Å². The Labute approximate surface area is 114 Å². The fourth-order valence-corrected chi connectivity index (χ4v) is 2.14. The number of anilines is 1. The zero-order valence-corrected chi connectivity index (χ0v) is 10.6. The Morgan fingerprint density at radius 1 is 1.26 bits per heavy atom. The molecular formula is C14H11ClN2O2. The van der Waals surface area contributed by atoms with Crippen LogP contribution in [0.3, 0.4) is 0 Å². The highest BCUT2D eigenvalue weighted by atomic mass is 35.5. The number of nitrogens with two attached hydrogens (primary N) is 1. The fourth-order valence-electron chi connectivity index (χ4n) is 1.97. The lowest BCUT2D eigenvalue weighted by Crippen LogP contribution is -2.04. The zero-order chi connectivity index (χ0) is 13.4. The summed E-state index contributed by atoms with van der Waals surface area (Å²) in [6.07, 6.45) is 0.449. The predicted molar refractivity (Wildman–Crippen MR) is 73.9 cm³/mol. The number of rotatable bonds is 2. The molecule has 3 N–H and O–H groups in total. The minimum absolute atomic E-state index is 0.234. The summed E-state index contributed by atoms with van der Waals surface area (Å²) in [4.78, 5) is 3.92. The van der Waals surface area contributed by atoms with Crippen molar-refractivity contribution in [2.45, 2.75) is 6.10 Å². The number of nitrogen functional groups attached to an aromatic ring is 1. The molecule has 0 fully saturated rings. The largest absolute Gasteiger partial charge is 0.458 e. The molecule has 2 heterocycles. The minimum atomic E-state index is -0.987. The van der Waals surface area contributed by atoms with Crippen LogP contribution in [0.4, 0.5) is 5.82 Å². The molecule has 0 saturated carbocycles. The van der Waals surface area contributed by atoms with E-state index in [2.05, 4.69) is 4.98 Å². The Morgan fingerprint density at radius 2 is 2.05 bits per heavy atom. The van der Waals surface area contributed by atoms with Crippen molar-refractivity contribution < 1.29 is 9.52 Å². The first-order valence-corrected chi connectivity index (χ1v) is 6.10. The van der Waals surface area contributed by atoms with E-state index >= 15 is 0 Å². The first-order chi connectivity index (χ1) is 9.15. The Balaban J connectivity index is 2.07. The van der Waals surface area contributed by atoms with Gasteiger partial charge in [-0.25, -0.2) is 4.98 Å². The third kappa shape index (κ3) is 2.16. The van der Waals surface area contributed by atoms with Crippen LogP contribution in [0.15, 0.2) is 47.0 Å². The first-order valence-electron chi connectivity index (χ1n) is 5.72. The van der Waals surface area contributed by atoms with Crippen molar-refractivity contribution in [1.82, 2.24) is 4.98 Å². The van der Waals surface area contributed by atoms with Gasteiger partial charge in [-0.15, -0.1) is 0 Å². The number of pyridine rings is 1. The van der Waals surface area contributed by atoms with Gasteiger partial charge in [0, 0.05) is 17.1 Å². The number of aliphatic hydroxyl groups is 1. The van der Waals surface area contributed by atoms with Crippen LogP contribution in [0, 0.1) is 0 Å². The number of furan rings is 1. The highest BCUT2D eigenvalue weighted by Crippen LogP contribution is 2.31. The Bertz CT molecular complexity index is 706. The SMILES string of the molecule is Nc1ncc(Cl)cc1C(O)c1cc2ccccc2o1. The number of aromatic nitrogens is 1. The molecule has 3 aromatic rings. The van der Waals surface area contributed by atoms with Crippen molar-refractivity contribution in [2.24, 2.45) is 0 Å². The van der Waals surface area contributed by atoms with Gasteiger partial charge in [0.25, 0.3) is 0 Å². The summed E-state index contributed by atoms with van der Waals surface area (Å²) in [6.45, 7) is 0. The van der Waals surface area contributed by atoms with Crippen molar-refractivity contribution in [3.63, 3.8) is 0 Å². The van der Waals surface area contributed by atoms with E-state index in [1.54, 1.807) is 12.1 Å². The van der Waals surface area contributed by atoms with Gasteiger partial charge < -0.3 is 15.3 Å². The van der Waals surface area contributed by atoms with Crippen LogP contribution in [0.25, 0.3) is 11.0 Å². The molecule has 0 spiro atoms. The second kappa shape index (κ2) is 4.57. The average molecular weight is 275 g/mol. The smallest absolute Gasteiger partial charge is 0.140 e. The topological polar surface area (TPSA) is 72.3 Å². The third-order valence-electron chi connectivity index (χ3n) is 2.92. The molecule has 0 aliphatic rings. The van der Waals surface area contributed by atoms with E-state index in [1.807, 2.05) is 24.3 Å². The maximum absolute atomic E-state index is 10.3. The standard InChI is InChI=1S/C14H11ClN2O2/c15-9-6-10(14(16)17-7-9)13(18)12-5-8-3-1-2-4-11(8)19-12/h1-7,13,18H,(H2,16,17). The fraction of sp³-hybridized carbons (Fsp3) is 0.0714. The molecule has 19 heavy (non-hydrogen) atoms. The molecule has 0 radical (unpaired) electrons. The summed E-state index contributed by atoms with van der Waals surface area (Å²) in [5, 5.41) is 11.7. The van der Waals surface area contributed by atoms with Gasteiger partial charge in [0.1, 0.15) is 23.3 Å². The van der Waals surface area contributed by atoms with E-state index in [-0.39, 0.29) is 5.82 Å². The summed E-state index contributed by atoms with van der Waals surface area (Å²) < 4.78 is 5.60. The molecule has 1 atom stereocenters. The van der Waals surface area contributed by atoms with Crippen molar-refractivity contribution in [2.75, 3.05) is 5.73 Å². The number of benzene rings is 1. The molecule has 4 nitrogen and oxygen atoms in total. The van der Waals surface area contributed by atoms with Gasteiger partial charge in [-0.2, -0.15) is 0 Å². The summed E-state index contributed by atoms with van der Waals surface area (Å²) in [7, 11) is 0. The molecule has 0 saturated heterocycles. The molecule has 0 amide bonds. The second-order valence-electron chi connectivity index (χ2n) is 4.22. The van der Waals surface area contributed by atoms with Gasteiger partial charge >= 0.3 is 0 Å². The minimum Gasteiger partial charge on any atom is -0.458 e. The Kier molecular flexibility index (Phi) is 2.89. The average Bonchev–Trinajstić information content (AvgIpc) is 2.84. The molecule has 2 aromatic heterocycles. The van der Waals surface area contributed by atoms with Gasteiger partial charge in [-0.3, -0.25) is 0 Å². The number of para-hydroxylation sites is 1. The lowest BCUT2D eigenvalue weighted by atomic mass is 10.1. The Morgan fingerprint density at radius 3 is 2.84 bits per heavy atom. The van der Waals surface area contributed by atoms with Crippen LogP contribution < -0.4 is 5.73 Å². The number of fused-ring (bicyclic) bond motifs is 1. The number of hydrogen-bond acceptors (Lipinski definition) is 4. The molecular weight excluding hydrogens is 264 g/mol. The normalized spacial score (nSPS) is 12.7. The van der Waals surface area contributed by atoms with Gasteiger partial charge in [0.15, 0.2) is 0 Å². The van der Waals surface area contributed by atoms with Gasteiger partial charge in [-0.05, 0) is 18.2 Å². The first kappa shape index (κ1) is 12.0. The summed E-state index contributed by atoms with van der Waals surface area (Å²) in [5.41, 5.74) is 6.90. The van der Waals surface area contributed by atoms with E-state index in [9.17, 15) is 5.11 Å². The van der Waals surface area contributed by atoms with Crippen molar-refractivity contribution in [3.8, 4) is 0 Å². The number of nitrogens with zero attached hydrogens (tertiary/aromatic N) is 1. The highest BCUT2D eigenvalue weighted by Gasteiger charge is 2.19. The zero-order valence-electron chi connectivity index (χ0n) is 9.88. The van der Waals surface area contributed by atoms with Crippen molar-refractivity contribution in [1.29, 1.82) is 0 Å². The van der Waals surface area contributed by atoms with Crippen molar-refractivity contribution >= 4 is 28.4 Å². The van der Waals surface area contributed by atoms with Gasteiger partial charge in [-0.1, -0.05) is 29.8 Å². The van der Waals surface area contributed by atoms with E-state index in [1.165, 1.54) is 6.20 Å². The van der Waals surface area contributed by atoms with Crippen LogP contribution in [-0.2, 0) is 0 Å². The van der Waals surface area contributed by atoms with Crippen LogP contribution in [-0.4, -0.2) is 10.1 Å². The quantitative estimate of drug-likeness (QED) is 0.753. The summed E-state index contributed by atoms with van der Waals surface area (Å²) >= 11 is 5.87. The summed E-state index contributed by atoms with van der Waals surface area (Å²) in [6, 6.07) is 10.9. The Hall–Kier alpha value is -2.04. The predicted octanol–water partition coefficient (Wildman–Crippen LogP) is 3.15. The second-order valence-corrected chi connectivity index (χ2v) is 4.65. The maximum atomic E-state index is 10.3. The number of halogens is 1. The van der Waals surface area contributed by atoms with E-state index in [4.69, 9.17) is 21.8 Å². The molecule has 96 valence electrons. The molecule has 3 rings (SSSR count). The lowest BCUT2D eigenvalue weighted by molar-refractivity contribution is 0.192. The van der Waals surface area contributed by atoms with E-state index in [0.717, 1.165) is 5.39 Å². The molecule has 0 aliphatic heterocycles. The van der Waals surface area contributed by atoms with Crippen LogP contribution in [0.5, 0.6) is 0 Å². The highest BCUT2D eigenvalue weighted by molar-refractivity contribution is 6.30. The summed E-state index contributed by atoms with van der Waals surface area (Å²) in [5.74, 6) is 0.648. The third-order valence-corrected chi connectivity index (χ3v) is 3.13. The monoisotopic (exact) mass is 274 g/mol. The molecule has 5 heteroatoms. The van der Waals surface area contributed by atoms with E-state index in [0.29, 0.717) is 21.9 Å². The number of hydrogen-bond donors (Lipinski definition) is 2. The van der Waals surface area contributed by atoms with Gasteiger partial charge in [0.05, 0.1) is 5.02 Å².